The van der Waals surface area contributed by atoms with E-state index in [1.54, 1.807) is 13.0 Å². The van der Waals surface area contributed by atoms with Crippen LogP contribution in [0.2, 0.25) is 0 Å². The fourth-order valence-corrected chi connectivity index (χ4v) is 2.22. The maximum absolute atomic E-state index is 11.6. The van der Waals surface area contributed by atoms with Crippen molar-refractivity contribution in [1.82, 2.24) is 10.3 Å². The molecule has 1 amide bonds. The van der Waals surface area contributed by atoms with Gasteiger partial charge >= 0.3 is 12.1 Å². The van der Waals surface area contributed by atoms with E-state index in [1.807, 2.05) is 20.8 Å². The number of pyridine rings is 1. The summed E-state index contributed by atoms with van der Waals surface area (Å²) >= 11 is 2.09. The third kappa shape index (κ3) is 7.49. The minimum atomic E-state index is -0.516. The Bertz CT molecular complexity index is 558. The number of carbonyl (C=O) groups is 2. The van der Waals surface area contributed by atoms with E-state index in [0.29, 0.717) is 31.1 Å². The van der Waals surface area contributed by atoms with Crippen LogP contribution in [0.5, 0.6) is 0 Å². The van der Waals surface area contributed by atoms with Gasteiger partial charge < -0.3 is 20.1 Å². The zero-order valence-corrected chi connectivity index (χ0v) is 15.9. The van der Waals surface area contributed by atoms with E-state index < -0.39 is 17.7 Å². The number of carbonyl (C=O) groups excluding carboxylic acids is 2. The van der Waals surface area contributed by atoms with Crippen LogP contribution in [0.15, 0.2) is 12.3 Å². The summed E-state index contributed by atoms with van der Waals surface area (Å²) in [5, 5.41) is 5.74. The predicted octanol–water partition coefficient (Wildman–Crippen LogP) is 2.80. The fraction of sp³-hybridized carbons (Fsp3) is 0.533. The zero-order chi connectivity index (χ0) is 17.5. The molecule has 2 N–H and O–H groups in total. The molecule has 0 saturated heterocycles. The molecular formula is C15H22IN3O4. The highest BCUT2D eigenvalue weighted by Gasteiger charge is 2.15. The lowest BCUT2D eigenvalue weighted by molar-refractivity contribution is 0.0517. The molecule has 1 heterocycles. The van der Waals surface area contributed by atoms with E-state index in [0.717, 1.165) is 3.57 Å². The van der Waals surface area contributed by atoms with E-state index >= 15 is 0 Å². The van der Waals surface area contributed by atoms with E-state index in [-0.39, 0.29) is 0 Å². The second-order valence-corrected chi connectivity index (χ2v) is 6.79. The van der Waals surface area contributed by atoms with Gasteiger partial charge in [-0.15, -0.1) is 0 Å². The van der Waals surface area contributed by atoms with Crippen LogP contribution in [0.1, 0.15) is 38.1 Å². The van der Waals surface area contributed by atoms with Crippen molar-refractivity contribution in [2.24, 2.45) is 0 Å². The number of hydrogen-bond acceptors (Lipinski definition) is 6. The van der Waals surface area contributed by atoms with Gasteiger partial charge in [-0.05, 0) is 56.4 Å². The molecule has 7 nitrogen and oxygen atoms in total. The van der Waals surface area contributed by atoms with Gasteiger partial charge in [0.15, 0.2) is 0 Å². The average Bonchev–Trinajstić information content (AvgIpc) is 2.43. The van der Waals surface area contributed by atoms with Crippen molar-refractivity contribution in [2.75, 3.05) is 25.0 Å². The Hall–Kier alpha value is -1.58. The monoisotopic (exact) mass is 435 g/mol. The molecule has 1 rings (SSSR count). The molecule has 0 radical (unpaired) electrons. The molecule has 0 spiro atoms. The van der Waals surface area contributed by atoms with Crippen molar-refractivity contribution >= 4 is 40.5 Å². The molecule has 0 unspecified atom stereocenters. The Labute approximate surface area is 149 Å². The summed E-state index contributed by atoms with van der Waals surface area (Å²) in [6.45, 7) is 8.38. The molecule has 0 saturated carbocycles. The highest BCUT2D eigenvalue weighted by molar-refractivity contribution is 14.1. The van der Waals surface area contributed by atoms with Gasteiger partial charge in [-0.25, -0.2) is 14.6 Å². The molecule has 0 fully saturated rings. The third-order valence-electron chi connectivity index (χ3n) is 2.44. The minimum Gasteiger partial charge on any atom is -0.462 e. The molecule has 0 atom stereocenters. The molecule has 0 aromatic carbocycles. The van der Waals surface area contributed by atoms with E-state index in [4.69, 9.17) is 9.47 Å². The summed E-state index contributed by atoms with van der Waals surface area (Å²) in [6.07, 6.45) is 1.00. The summed E-state index contributed by atoms with van der Waals surface area (Å²) < 4.78 is 10.9. The van der Waals surface area contributed by atoms with Gasteiger partial charge in [0, 0.05) is 19.3 Å². The van der Waals surface area contributed by atoms with Crippen molar-refractivity contribution in [2.45, 2.75) is 33.3 Å². The molecule has 1 aromatic heterocycles. The van der Waals surface area contributed by atoms with E-state index in [9.17, 15) is 9.59 Å². The van der Waals surface area contributed by atoms with Gasteiger partial charge in [0.1, 0.15) is 11.4 Å². The number of aromatic nitrogens is 1. The Kier molecular flexibility index (Phi) is 7.53. The molecule has 1 aromatic rings. The predicted molar refractivity (Wildman–Crippen MR) is 95.6 cm³/mol. The molecule has 0 aliphatic carbocycles. The lowest BCUT2D eigenvalue weighted by Gasteiger charge is -2.19. The number of alkyl carbamates (subject to hydrolysis) is 1. The fourth-order valence-electron chi connectivity index (χ4n) is 1.55. The van der Waals surface area contributed by atoms with Crippen LogP contribution in [-0.4, -0.2) is 42.3 Å². The topological polar surface area (TPSA) is 89.5 Å². The van der Waals surface area contributed by atoms with Crippen molar-refractivity contribution in [1.29, 1.82) is 0 Å². The number of nitrogens with zero attached hydrogens (tertiary/aromatic N) is 1. The van der Waals surface area contributed by atoms with Gasteiger partial charge in [0.2, 0.25) is 0 Å². The van der Waals surface area contributed by atoms with Crippen LogP contribution in [0.3, 0.4) is 0 Å². The summed E-state index contributed by atoms with van der Waals surface area (Å²) in [5.74, 6) is 0.251. The second-order valence-electron chi connectivity index (χ2n) is 5.63. The molecule has 128 valence electrons. The van der Waals surface area contributed by atoms with Crippen LogP contribution < -0.4 is 10.6 Å². The van der Waals surface area contributed by atoms with E-state index in [1.165, 1.54) is 6.20 Å². The van der Waals surface area contributed by atoms with Crippen LogP contribution in [0, 0.1) is 3.57 Å². The summed E-state index contributed by atoms with van der Waals surface area (Å²) in [6, 6.07) is 1.70. The first kappa shape index (κ1) is 19.5. The first-order valence-corrected chi connectivity index (χ1v) is 8.34. The molecule has 0 aliphatic rings. The van der Waals surface area contributed by atoms with E-state index in [2.05, 4.69) is 38.2 Å². The van der Waals surface area contributed by atoms with Crippen LogP contribution in [0.25, 0.3) is 0 Å². The highest BCUT2D eigenvalue weighted by Crippen LogP contribution is 2.17. The molecule has 0 bridgehead atoms. The van der Waals surface area contributed by atoms with Crippen LogP contribution in [-0.2, 0) is 9.47 Å². The van der Waals surface area contributed by atoms with Crippen LogP contribution in [0.4, 0.5) is 10.6 Å². The number of esters is 1. The van der Waals surface area contributed by atoms with Gasteiger partial charge in [-0.2, -0.15) is 0 Å². The normalized spacial score (nSPS) is 10.8. The highest BCUT2D eigenvalue weighted by atomic mass is 127. The Morgan fingerprint density at radius 3 is 2.57 bits per heavy atom. The first-order chi connectivity index (χ1) is 10.7. The second kappa shape index (κ2) is 8.90. The van der Waals surface area contributed by atoms with Gasteiger partial charge in [0.05, 0.1) is 15.7 Å². The maximum Gasteiger partial charge on any atom is 0.407 e. The van der Waals surface area contributed by atoms with Crippen molar-refractivity contribution < 1.29 is 19.1 Å². The number of nitrogens with one attached hydrogen (secondary N) is 2. The summed E-state index contributed by atoms with van der Waals surface area (Å²) in [4.78, 5) is 27.3. The van der Waals surface area contributed by atoms with Crippen molar-refractivity contribution in [3.8, 4) is 0 Å². The van der Waals surface area contributed by atoms with Gasteiger partial charge in [-0.3, -0.25) is 0 Å². The summed E-state index contributed by atoms with van der Waals surface area (Å²) in [5.41, 5.74) is -0.106. The molecule has 8 heteroatoms. The largest absolute Gasteiger partial charge is 0.462 e. The average molecular weight is 435 g/mol. The van der Waals surface area contributed by atoms with Gasteiger partial charge in [0.25, 0.3) is 0 Å². The lowest BCUT2D eigenvalue weighted by atomic mass is 10.2. The van der Waals surface area contributed by atoms with Crippen LogP contribution >= 0.6 is 22.6 Å². The molecule has 0 aliphatic heterocycles. The number of hydrogen-bond donors (Lipinski definition) is 2. The van der Waals surface area contributed by atoms with Gasteiger partial charge in [-0.1, -0.05) is 0 Å². The molecular weight excluding hydrogens is 413 g/mol. The standard InChI is InChI=1S/C15H22IN3O4/c1-5-22-13(20)10-8-11(16)12(19-9-10)17-6-7-18-14(21)23-15(2,3)4/h8-9H,5-7H2,1-4H3,(H,17,19)(H,18,21). The first-order valence-electron chi connectivity index (χ1n) is 7.26. The number of anilines is 1. The number of amides is 1. The number of rotatable bonds is 6. The summed E-state index contributed by atoms with van der Waals surface area (Å²) in [7, 11) is 0. The number of halogens is 1. The quantitative estimate of drug-likeness (QED) is 0.406. The lowest BCUT2D eigenvalue weighted by Crippen LogP contribution is -2.35. The van der Waals surface area contributed by atoms with Crippen molar-refractivity contribution in [3.05, 3.63) is 21.4 Å². The Morgan fingerprint density at radius 1 is 1.30 bits per heavy atom. The molecule has 23 heavy (non-hydrogen) atoms. The van der Waals surface area contributed by atoms with Crippen molar-refractivity contribution in [3.63, 3.8) is 0 Å². The minimum absolute atomic E-state index is 0.325. The SMILES string of the molecule is CCOC(=O)c1cnc(NCCNC(=O)OC(C)(C)C)c(I)c1. The zero-order valence-electron chi connectivity index (χ0n) is 13.7. The third-order valence-corrected chi connectivity index (χ3v) is 3.26. The maximum atomic E-state index is 11.6. The Morgan fingerprint density at radius 2 is 2.00 bits per heavy atom. The smallest absolute Gasteiger partial charge is 0.407 e. The Balaban J connectivity index is 2.44. The number of ether oxygens (including phenoxy) is 2.